The SMILES string of the molecule is CCCn1nc(C(=O)NCC(c2ccccc2)c2c[nH]c3ccccc23)ccc1=O. The van der Waals surface area contributed by atoms with Crippen molar-refractivity contribution in [1.82, 2.24) is 20.1 Å². The number of carbonyl (C=O) groups excluding carboxylic acids is 1. The summed E-state index contributed by atoms with van der Waals surface area (Å²) < 4.78 is 1.34. The van der Waals surface area contributed by atoms with Crippen LogP contribution in [0.4, 0.5) is 0 Å². The van der Waals surface area contributed by atoms with E-state index in [1.54, 1.807) is 0 Å². The van der Waals surface area contributed by atoms with Crippen molar-refractivity contribution in [2.75, 3.05) is 6.54 Å². The number of nitrogens with one attached hydrogen (secondary N) is 2. The molecule has 1 unspecified atom stereocenters. The Morgan fingerprint density at radius 3 is 2.63 bits per heavy atom. The van der Waals surface area contributed by atoms with Gasteiger partial charge in [0.05, 0.1) is 0 Å². The van der Waals surface area contributed by atoms with Gasteiger partial charge in [-0.2, -0.15) is 5.10 Å². The van der Waals surface area contributed by atoms with Crippen LogP contribution >= 0.6 is 0 Å². The number of rotatable bonds is 7. The summed E-state index contributed by atoms with van der Waals surface area (Å²) in [5.74, 6) is -0.312. The molecule has 0 spiro atoms. The van der Waals surface area contributed by atoms with Crippen LogP contribution < -0.4 is 10.9 Å². The third-order valence-corrected chi connectivity index (χ3v) is 5.20. The number of H-pyrrole nitrogens is 1. The predicted octanol–water partition coefficient (Wildman–Crippen LogP) is 3.70. The summed E-state index contributed by atoms with van der Waals surface area (Å²) in [5.41, 5.74) is 3.35. The van der Waals surface area contributed by atoms with Gasteiger partial charge in [-0.1, -0.05) is 55.5 Å². The van der Waals surface area contributed by atoms with E-state index in [2.05, 4.69) is 33.6 Å². The predicted molar refractivity (Wildman–Crippen MR) is 118 cm³/mol. The van der Waals surface area contributed by atoms with Gasteiger partial charge in [0.25, 0.3) is 11.5 Å². The largest absolute Gasteiger partial charge is 0.361 e. The second-order valence-corrected chi connectivity index (χ2v) is 7.24. The number of carbonyl (C=O) groups is 1. The van der Waals surface area contributed by atoms with Crippen LogP contribution in [0.15, 0.2) is 77.7 Å². The lowest BCUT2D eigenvalue weighted by molar-refractivity contribution is 0.0945. The van der Waals surface area contributed by atoms with Gasteiger partial charge in [-0.3, -0.25) is 9.59 Å². The zero-order valence-corrected chi connectivity index (χ0v) is 16.8. The highest BCUT2D eigenvalue weighted by Gasteiger charge is 2.20. The molecule has 0 radical (unpaired) electrons. The molecule has 1 amide bonds. The highest BCUT2D eigenvalue weighted by Crippen LogP contribution is 2.30. The molecular formula is C24H24N4O2. The third kappa shape index (κ3) is 4.03. The Hall–Kier alpha value is -3.67. The van der Waals surface area contributed by atoms with Crippen molar-refractivity contribution in [3.05, 3.63) is 100 Å². The summed E-state index contributed by atoms with van der Waals surface area (Å²) >= 11 is 0. The topological polar surface area (TPSA) is 79.8 Å². The first-order valence-electron chi connectivity index (χ1n) is 10.1. The van der Waals surface area contributed by atoms with Crippen LogP contribution in [-0.2, 0) is 6.54 Å². The van der Waals surface area contributed by atoms with E-state index >= 15 is 0 Å². The molecular weight excluding hydrogens is 376 g/mol. The highest BCUT2D eigenvalue weighted by molar-refractivity contribution is 5.92. The van der Waals surface area contributed by atoms with Crippen LogP contribution in [0.3, 0.4) is 0 Å². The van der Waals surface area contributed by atoms with Crippen LogP contribution in [0.25, 0.3) is 10.9 Å². The van der Waals surface area contributed by atoms with Gasteiger partial charge in [0.1, 0.15) is 5.69 Å². The normalized spacial score (nSPS) is 12.0. The smallest absolute Gasteiger partial charge is 0.271 e. The van der Waals surface area contributed by atoms with Gasteiger partial charge in [0.2, 0.25) is 0 Å². The van der Waals surface area contributed by atoms with Crippen molar-refractivity contribution in [3.8, 4) is 0 Å². The lowest BCUT2D eigenvalue weighted by atomic mass is 9.91. The van der Waals surface area contributed by atoms with E-state index in [4.69, 9.17) is 0 Å². The fraction of sp³-hybridized carbons (Fsp3) is 0.208. The van der Waals surface area contributed by atoms with Crippen molar-refractivity contribution in [2.45, 2.75) is 25.8 Å². The summed E-state index contributed by atoms with van der Waals surface area (Å²) in [4.78, 5) is 28.0. The van der Waals surface area contributed by atoms with Gasteiger partial charge in [0.15, 0.2) is 0 Å². The van der Waals surface area contributed by atoms with E-state index in [0.29, 0.717) is 13.1 Å². The molecule has 0 saturated heterocycles. The van der Waals surface area contributed by atoms with Crippen molar-refractivity contribution in [3.63, 3.8) is 0 Å². The molecule has 0 aliphatic carbocycles. The molecule has 30 heavy (non-hydrogen) atoms. The maximum absolute atomic E-state index is 12.8. The Morgan fingerprint density at radius 2 is 1.83 bits per heavy atom. The van der Waals surface area contributed by atoms with Crippen molar-refractivity contribution >= 4 is 16.8 Å². The Labute approximate surface area is 174 Å². The number of aromatic nitrogens is 3. The molecule has 6 heteroatoms. The number of aryl methyl sites for hydroxylation is 1. The van der Waals surface area contributed by atoms with Gasteiger partial charge in [0, 0.05) is 42.2 Å². The lowest BCUT2D eigenvalue weighted by Crippen LogP contribution is -2.32. The monoisotopic (exact) mass is 400 g/mol. The standard InChI is InChI=1S/C24H24N4O2/c1-2-14-28-23(29)13-12-22(27-28)24(30)26-15-19(17-8-4-3-5-9-17)20-16-25-21-11-7-6-10-18(20)21/h3-13,16,19,25H,2,14-15H2,1H3,(H,26,30). The summed E-state index contributed by atoms with van der Waals surface area (Å²) in [6.45, 7) is 2.87. The number of aromatic amines is 1. The average molecular weight is 400 g/mol. The van der Waals surface area contributed by atoms with Crippen LogP contribution in [0.5, 0.6) is 0 Å². The van der Waals surface area contributed by atoms with Crippen LogP contribution in [-0.4, -0.2) is 27.2 Å². The average Bonchev–Trinajstić information content (AvgIpc) is 3.20. The van der Waals surface area contributed by atoms with Gasteiger partial charge in [-0.25, -0.2) is 4.68 Å². The second kappa shape index (κ2) is 8.78. The molecule has 4 aromatic rings. The van der Waals surface area contributed by atoms with Crippen molar-refractivity contribution in [2.24, 2.45) is 0 Å². The quantitative estimate of drug-likeness (QED) is 0.496. The molecule has 1 atom stereocenters. The number of para-hydroxylation sites is 1. The van der Waals surface area contributed by atoms with Crippen molar-refractivity contribution < 1.29 is 4.79 Å². The number of hydrogen-bond acceptors (Lipinski definition) is 3. The maximum Gasteiger partial charge on any atom is 0.271 e. The van der Waals surface area contributed by atoms with Crippen LogP contribution in [0.2, 0.25) is 0 Å². The van der Waals surface area contributed by atoms with E-state index in [1.165, 1.54) is 16.8 Å². The molecule has 0 aliphatic heterocycles. The van der Waals surface area contributed by atoms with E-state index in [0.717, 1.165) is 28.5 Å². The molecule has 2 aromatic carbocycles. The first-order chi connectivity index (χ1) is 14.7. The molecule has 0 aliphatic rings. The fourth-order valence-electron chi connectivity index (χ4n) is 3.70. The molecule has 2 N–H and O–H groups in total. The maximum atomic E-state index is 12.8. The summed E-state index contributed by atoms with van der Waals surface area (Å²) in [6.07, 6.45) is 2.78. The molecule has 0 saturated carbocycles. The molecule has 2 heterocycles. The molecule has 2 aromatic heterocycles. The highest BCUT2D eigenvalue weighted by atomic mass is 16.2. The summed E-state index contributed by atoms with van der Waals surface area (Å²) in [5, 5.41) is 8.35. The van der Waals surface area contributed by atoms with Gasteiger partial charge in [-0.15, -0.1) is 0 Å². The zero-order chi connectivity index (χ0) is 20.9. The van der Waals surface area contributed by atoms with Gasteiger partial charge >= 0.3 is 0 Å². The number of amides is 1. The minimum Gasteiger partial charge on any atom is -0.361 e. The summed E-state index contributed by atoms with van der Waals surface area (Å²) in [7, 11) is 0. The Kier molecular flexibility index (Phi) is 5.75. The second-order valence-electron chi connectivity index (χ2n) is 7.24. The zero-order valence-electron chi connectivity index (χ0n) is 16.8. The fourth-order valence-corrected chi connectivity index (χ4v) is 3.70. The first kappa shape index (κ1) is 19.6. The van der Waals surface area contributed by atoms with Crippen LogP contribution in [0, 0.1) is 0 Å². The Balaban J connectivity index is 1.61. The van der Waals surface area contributed by atoms with E-state index in [1.807, 2.05) is 49.5 Å². The molecule has 152 valence electrons. The molecule has 0 fully saturated rings. The van der Waals surface area contributed by atoms with Gasteiger partial charge in [-0.05, 0) is 29.7 Å². The Bertz CT molecular complexity index is 1210. The Morgan fingerprint density at radius 1 is 1.07 bits per heavy atom. The third-order valence-electron chi connectivity index (χ3n) is 5.20. The summed E-state index contributed by atoms with van der Waals surface area (Å²) in [6, 6.07) is 21.1. The number of fused-ring (bicyclic) bond motifs is 1. The van der Waals surface area contributed by atoms with E-state index in [9.17, 15) is 9.59 Å². The first-order valence-corrected chi connectivity index (χ1v) is 10.1. The molecule has 4 rings (SSSR count). The van der Waals surface area contributed by atoms with Crippen molar-refractivity contribution in [1.29, 1.82) is 0 Å². The molecule has 6 nitrogen and oxygen atoms in total. The number of nitrogens with zero attached hydrogens (tertiary/aromatic N) is 2. The molecule has 0 bridgehead atoms. The van der Waals surface area contributed by atoms with E-state index in [-0.39, 0.29) is 23.1 Å². The number of benzene rings is 2. The number of hydrogen-bond donors (Lipinski definition) is 2. The van der Waals surface area contributed by atoms with Crippen LogP contribution in [0.1, 0.15) is 40.9 Å². The lowest BCUT2D eigenvalue weighted by Gasteiger charge is -2.18. The van der Waals surface area contributed by atoms with E-state index < -0.39 is 0 Å². The van der Waals surface area contributed by atoms with Gasteiger partial charge < -0.3 is 10.3 Å². The minimum atomic E-state index is -0.291. The minimum absolute atomic E-state index is 0.0205.